The summed E-state index contributed by atoms with van der Waals surface area (Å²) in [6.07, 6.45) is -3.38. The normalized spacial score (nSPS) is 38.8. The van der Waals surface area contributed by atoms with Crippen molar-refractivity contribution < 1.29 is 43.0 Å². The molecular weight excluding hydrogens is 396 g/mol. The molecule has 30 heavy (non-hydrogen) atoms. The lowest BCUT2D eigenvalue weighted by Gasteiger charge is -2.56. The van der Waals surface area contributed by atoms with E-state index in [9.17, 15) is 5.11 Å². The molecule has 2 saturated heterocycles. The van der Waals surface area contributed by atoms with Crippen LogP contribution in [0.25, 0.3) is 0 Å². The predicted octanol–water partition coefficient (Wildman–Crippen LogP) is 1.45. The molecule has 0 spiro atoms. The van der Waals surface area contributed by atoms with Gasteiger partial charge in [0.05, 0.1) is 20.3 Å². The maximum Gasteiger partial charge on any atom is 0.220 e. The molecule has 170 valence electrons. The first kappa shape index (κ1) is 23.4. The van der Waals surface area contributed by atoms with E-state index in [1.54, 1.807) is 21.0 Å². The largest absolute Gasteiger partial charge is 0.497 e. The van der Waals surface area contributed by atoms with Gasteiger partial charge in [0.2, 0.25) is 11.6 Å². The minimum Gasteiger partial charge on any atom is -0.497 e. The van der Waals surface area contributed by atoms with Crippen LogP contribution < -0.4 is 4.74 Å². The molecule has 2 aliphatic heterocycles. The van der Waals surface area contributed by atoms with Gasteiger partial charge >= 0.3 is 0 Å². The molecule has 3 rings (SSSR count). The number of rotatable bonds is 8. The van der Waals surface area contributed by atoms with Crippen molar-refractivity contribution in [1.82, 2.24) is 0 Å². The van der Waals surface area contributed by atoms with Gasteiger partial charge in [-0.1, -0.05) is 12.1 Å². The third-order valence-corrected chi connectivity index (χ3v) is 5.93. The lowest BCUT2D eigenvalue weighted by atomic mass is 9.94. The Labute approximate surface area is 177 Å². The minimum atomic E-state index is -1.22. The van der Waals surface area contributed by atoms with E-state index in [1.165, 1.54) is 21.3 Å². The first-order valence-electron chi connectivity index (χ1n) is 9.84. The number of aliphatic hydroxyl groups is 1. The summed E-state index contributed by atoms with van der Waals surface area (Å²) < 4.78 is 46.5. The van der Waals surface area contributed by atoms with Gasteiger partial charge in [0.15, 0.2) is 6.29 Å². The molecule has 1 aromatic rings. The fraction of sp³-hybridized carbons (Fsp3) is 0.714. The Bertz CT molecular complexity index is 684. The molecule has 2 fully saturated rings. The number of hydrogen-bond donors (Lipinski definition) is 1. The average molecular weight is 428 g/mol. The van der Waals surface area contributed by atoms with Gasteiger partial charge in [0, 0.05) is 21.3 Å². The van der Waals surface area contributed by atoms with Crippen molar-refractivity contribution in [2.75, 3.05) is 35.0 Å². The number of methoxy groups -OCH3 is 4. The maximum atomic E-state index is 9.94. The van der Waals surface area contributed by atoms with Crippen LogP contribution >= 0.6 is 0 Å². The molecule has 9 heteroatoms. The third kappa shape index (κ3) is 4.21. The van der Waals surface area contributed by atoms with Crippen molar-refractivity contribution in [2.24, 2.45) is 0 Å². The molecule has 0 bridgehead atoms. The van der Waals surface area contributed by atoms with E-state index in [0.29, 0.717) is 0 Å². The van der Waals surface area contributed by atoms with Crippen LogP contribution in [0.5, 0.6) is 5.75 Å². The van der Waals surface area contributed by atoms with Crippen LogP contribution in [-0.2, 0) is 39.8 Å². The van der Waals surface area contributed by atoms with Gasteiger partial charge in [-0.05, 0) is 31.5 Å². The highest BCUT2D eigenvalue weighted by Crippen LogP contribution is 2.44. The number of hydrogen-bond acceptors (Lipinski definition) is 9. The molecule has 0 unspecified atom stereocenters. The summed E-state index contributed by atoms with van der Waals surface area (Å²) in [6, 6.07) is 7.53. The molecule has 0 aromatic heterocycles. The number of ether oxygens (including phenoxy) is 8. The van der Waals surface area contributed by atoms with Gasteiger partial charge in [0.25, 0.3) is 0 Å². The first-order valence-corrected chi connectivity index (χ1v) is 9.84. The zero-order valence-electron chi connectivity index (χ0n) is 18.3. The quantitative estimate of drug-likeness (QED) is 0.660. The second kappa shape index (κ2) is 9.46. The van der Waals surface area contributed by atoms with E-state index in [-0.39, 0.29) is 13.2 Å². The van der Waals surface area contributed by atoms with E-state index in [2.05, 4.69) is 0 Å². The lowest BCUT2D eigenvalue weighted by Crippen LogP contribution is -2.73. The SMILES string of the molecule is COc1ccc(CO[C@H]2[C@@H]3O[C@@](C)(OC)[C@](C)(OC)O[C@H]3[C@@H](OC)O[C@@H]2CO)cc1. The van der Waals surface area contributed by atoms with Gasteiger partial charge in [-0.2, -0.15) is 0 Å². The Morgan fingerprint density at radius 3 is 2.03 bits per heavy atom. The third-order valence-electron chi connectivity index (χ3n) is 5.93. The fourth-order valence-corrected chi connectivity index (χ4v) is 3.79. The fourth-order valence-electron chi connectivity index (χ4n) is 3.79. The van der Waals surface area contributed by atoms with Crippen molar-refractivity contribution in [2.45, 2.75) is 62.7 Å². The van der Waals surface area contributed by atoms with Gasteiger partial charge < -0.3 is 43.0 Å². The average Bonchev–Trinajstić information content (AvgIpc) is 2.78. The van der Waals surface area contributed by atoms with Gasteiger partial charge in [-0.3, -0.25) is 0 Å². The van der Waals surface area contributed by atoms with Crippen molar-refractivity contribution >= 4 is 0 Å². The molecule has 9 nitrogen and oxygen atoms in total. The Morgan fingerprint density at radius 1 is 0.933 bits per heavy atom. The Balaban J connectivity index is 1.85. The number of fused-ring (bicyclic) bond motifs is 1. The van der Waals surface area contributed by atoms with E-state index in [0.717, 1.165) is 11.3 Å². The molecule has 0 saturated carbocycles. The monoisotopic (exact) mass is 428 g/mol. The molecule has 0 amide bonds. The van der Waals surface area contributed by atoms with E-state index in [4.69, 9.17) is 37.9 Å². The molecule has 2 aliphatic rings. The topological polar surface area (TPSA) is 94.1 Å². The first-order chi connectivity index (χ1) is 14.3. The van der Waals surface area contributed by atoms with Crippen LogP contribution in [0.4, 0.5) is 0 Å². The zero-order chi connectivity index (χ0) is 21.9. The highest BCUT2D eigenvalue weighted by atomic mass is 16.8. The van der Waals surface area contributed by atoms with E-state index in [1.807, 2.05) is 24.3 Å². The minimum absolute atomic E-state index is 0.273. The summed E-state index contributed by atoms with van der Waals surface area (Å²) >= 11 is 0. The zero-order valence-corrected chi connectivity index (χ0v) is 18.3. The number of benzene rings is 1. The predicted molar refractivity (Wildman–Crippen MR) is 105 cm³/mol. The molecule has 0 radical (unpaired) electrons. The Hall–Kier alpha value is -1.30. The van der Waals surface area contributed by atoms with Gasteiger partial charge in [-0.15, -0.1) is 0 Å². The Kier molecular flexibility index (Phi) is 7.36. The summed E-state index contributed by atoms with van der Waals surface area (Å²) in [5, 5.41) is 9.94. The van der Waals surface area contributed by atoms with Crippen molar-refractivity contribution in [3.05, 3.63) is 29.8 Å². The van der Waals surface area contributed by atoms with Crippen LogP contribution in [-0.4, -0.2) is 82.4 Å². The standard InChI is InChI=1S/C21H32O9/c1-20(25-5)21(2,26-6)30-18-17(29-20)16(15(11-22)28-19(18)24-4)27-12-13-7-9-14(23-3)10-8-13/h7-10,15-19,22H,11-12H2,1-6H3/t15-,16-,17+,18-,19+,20-,21-/m1/s1. The van der Waals surface area contributed by atoms with Crippen molar-refractivity contribution in [3.8, 4) is 5.75 Å². The summed E-state index contributed by atoms with van der Waals surface area (Å²) in [5.74, 6) is -1.68. The highest BCUT2D eigenvalue weighted by Gasteiger charge is 2.62. The van der Waals surface area contributed by atoms with Gasteiger partial charge in [0.1, 0.15) is 30.2 Å². The van der Waals surface area contributed by atoms with Crippen LogP contribution in [0, 0.1) is 0 Å². The second-order valence-electron chi connectivity index (χ2n) is 7.55. The summed E-state index contributed by atoms with van der Waals surface area (Å²) in [4.78, 5) is 0. The van der Waals surface area contributed by atoms with Gasteiger partial charge in [-0.25, -0.2) is 0 Å². The highest BCUT2D eigenvalue weighted by molar-refractivity contribution is 5.26. The van der Waals surface area contributed by atoms with Crippen molar-refractivity contribution in [1.29, 1.82) is 0 Å². The van der Waals surface area contributed by atoms with Crippen LogP contribution in [0.15, 0.2) is 24.3 Å². The van der Waals surface area contributed by atoms with E-state index < -0.39 is 42.3 Å². The lowest BCUT2D eigenvalue weighted by molar-refractivity contribution is -0.485. The molecule has 1 aromatic carbocycles. The molecule has 0 aliphatic carbocycles. The van der Waals surface area contributed by atoms with Crippen molar-refractivity contribution in [3.63, 3.8) is 0 Å². The summed E-state index contributed by atoms with van der Waals surface area (Å²) in [7, 11) is 6.15. The summed E-state index contributed by atoms with van der Waals surface area (Å²) in [5.41, 5.74) is 0.936. The maximum absolute atomic E-state index is 9.94. The smallest absolute Gasteiger partial charge is 0.220 e. The van der Waals surface area contributed by atoms with Crippen LogP contribution in [0.3, 0.4) is 0 Å². The second-order valence-corrected chi connectivity index (χ2v) is 7.55. The van der Waals surface area contributed by atoms with Crippen LogP contribution in [0.2, 0.25) is 0 Å². The summed E-state index contributed by atoms with van der Waals surface area (Å²) in [6.45, 7) is 3.47. The molecule has 1 N–H and O–H groups in total. The Morgan fingerprint density at radius 2 is 1.53 bits per heavy atom. The number of aliphatic hydroxyl groups excluding tert-OH is 1. The molecule has 2 heterocycles. The molecule has 7 atom stereocenters. The van der Waals surface area contributed by atoms with Crippen LogP contribution in [0.1, 0.15) is 19.4 Å². The van der Waals surface area contributed by atoms with E-state index >= 15 is 0 Å². The molecular formula is C21H32O9.